The number of amides is 1. The molecule has 5 N–H and O–H groups in total. The van der Waals surface area contributed by atoms with Crippen LogP contribution in [0.4, 0.5) is 5.69 Å². The van der Waals surface area contributed by atoms with Gasteiger partial charge in [0.05, 0.1) is 11.2 Å². The lowest BCUT2D eigenvalue weighted by Gasteiger charge is -2.43. The lowest BCUT2D eigenvalue weighted by Crippen LogP contribution is -2.71. The molecule has 2 aliphatic heterocycles. The summed E-state index contributed by atoms with van der Waals surface area (Å²) in [6, 6.07) is 6.04. The quantitative estimate of drug-likeness (QED) is 0.602. The normalized spacial score (nSPS) is 27.8. The van der Waals surface area contributed by atoms with E-state index in [0.29, 0.717) is 4.99 Å². The Bertz CT molecular complexity index is 666. The highest BCUT2D eigenvalue weighted by Crippen LogP contribution is 2.23. The predicted octanol–water partition coefficient (Wildman–Crippen LogP) is 1.68. The zero-order valence-electron chi connectivity index (χ0n) is 15.7. The van der Waals surface area contributed by atoms with Crippen molar-refractivity contribution in [3.8, 4) is 0 Å². The molecule has 7 heteroatoms. The number of likely N-dealkylation sites (tertiary alicyclic amines) is 1. The molecular weight excluding hydrogens is 346 g/mol. The van der Waals surface area contributed by atoms with E-state index < -0.39 is 12.1 Å². The number of nitrogens with zero attached hydrogens (tertiary/aromatic N) is 1. The minimum Gasteiger partial charge on any atom is -0.349 e. The Balaban J connectivity index is 1.66. The highest BCUT2D eigenvalue weighted by molar-refractivity contribution is 7.80. The van der Waals surface area contributed by atoms with Gasteiger partial charge in [-0.15, -0.1) is 0 Å². The Morgan fingerprint density at radius 3 is 2.46 bits per heavy atom. The van der Waals surface area contributed by atoms with Crippen molar-refractivity contribution in [3.05, 3.63) is 29.3 Å². The van der Waals surface area contributed by atoms with Crippen molar-refractivity contribution >= 4 is 28.8 Å². The molecule has 2 fully saturated rings. The van der Waals surface area contributed by atoms with Crippen LogP contribution in [0.3, 0.4) is 0 Å². The van der Waals surface area contributed by atoms with Crippen LogP contribution in [0.1, 0.15) is 30.9 Å². The molecule has 2 heterocycles. The van der Waals surface area contributed by atoms with Gasteiger partial charge in [0.2, 0.25) is 5.91 Å². The van der Waals surface area contributed by atoms with Gasteiger partial charge in [-0.25, -0.2) is 0 Å². The first kappa shape index (κ1) is 19.2. The van der Waals surface area contributed by atoms with Gasteiger partial charge < -0.3 is 16.4 Å². The average Bonchev–Trinajstić information content (AvgIpc) is 2.58. The third-order valence-electron chi connectivity index (χ3n) is 5.47. The minimum atomic E-state index is -0.594. The summed E-state index contributed by atoms with van der Waals surface area (Å²) < 4.78 is 0. The van der Waals surface area contributed by atoms with E-state index in [4.69, 9.17) is 18.0 Å². The fraction of sp³-hybridized carbons (Fsp3) is 0.579. The van der Waals surface area contributed by atoms with Gasteiger partial charge in [-0.1, -0.05) is 37.3 Å². The zero-order chi connectivity index (χ0) is 18.8. The fourth-order valence-corrected chi connectivity index (χ4v) is 4.04. The zero-order valence-corrected chi connectivity index (χ0v) is 16.5. The standard InChI is InChI=1S/C19H29N5OS/c1-11-7-9-24(10-8-11)19-22-16(20)14(17(25)23-19)18(26)21-15-12(2)5-4-6-13(15)3/h4-6,11,14,16,19,22H,7-10,20H2,1-3H3,(H,21,26)(H,23,25). The van der Waals surface area contributed by atoms with Gasteiger partial charge in [-0.3, -0.25) is 15.0 Å². The number of para-hydroxylation sites is 1. The van der Waals surface area contributed by atoms with Crippen LogP contribution in [-0.2, 0) is 4.79 Å². The molecule has 3 atom stereocenters. The number of carbonyl (C=O) groups is 1. The number of rotatable bonds is 3. The summed E-state index contributed by atoms with van der Waals surface area (Å²) in [5.74, 6) is 0.0219. The Morgan fingerprint density at radius 2 is 1.88 bits per heavy atom. The highest BCUT2D eigenvalue weighted by atomic mass is 32.1. The number of hydrogen-bond acceptors (Lipinski definition) is 5. The summed E-state index contributed by atoms with van der Waals surface area (Å²) in [7, 11) is 0. The van der Waals surface area contributed by atoms with Gasteiger partial charge in [-0.05, 0) is 43.7 Å². The van der Waals surface area contributed by atoms with Crippen LogP contribution in [-0.4, -0.2) is 41.3 Å². The second kappa shape index (κ2) is 8.00. The lowest BCUT2D eigenvalue weighted by atomic mass is 9.98. The van der Waals surface area contributed by atoms with E-state index in [1.807, 2.05) is 32.0 Å². The third kappa shape index (κ3) is 4.06. The molecule has 0 spiro atoms. The second-order valence-electron chi connectivity index (χ2n) is 7.56. The van der Waals surface area contributed by atoms with Crippen molar-refractivity contribution in [3.63, 3.8) is 0 Å². The third-order valence-corrected chi connectivity index (χ3v) is 5.82. The first-order chi connectivity index (χ1) is 12.4. The smallest absolute Gasteiger partial charge is 0.235 e. The number of nitrogens with two attached hydrogens (primary N) is 1. The van der Waals surface area contributed by atoms with Gasteiger partial charge in [-0.2, -0.15) is 0 Å². The maximum Gasteiger partial charge on any atom is 0.235 e. The number of aryl methyl sites for hydroxylation is 2. The molecule has 1 aromatic carbocycles. The molecule has 0 bridgehead atoms. The lowest BCUT2D eigenvalue weighted by molar-refractivity contribution is -0.129. The summed E-state index contributed by atoms with van der Waals surface area (Å²) in [5, 5.41) is 9.61. The van der Waals surface area contributed by atoms with Gasteiger partial charge in [0.25, 0.3) is 0 Å². The van der Waals surface area contributed by atoms with E-state index in [1.165, 1.54) is 0 Å². The van der Waals surface area contributed by atoms with Crippen LogP contribution in [0.15, 0.2) is 18.2 Å². The topological polar surface area (TPSA) is 82.4 Å². The molecule has 26 heavy (non-hydrogen) atoms. The van der Waals surface area contributed by atoms with Crippen LogP contribution in [0, 0.1) is 25.7 Å². The second-order valence-corrected chi connectivity index (χ2v) is 8.00. The minimum absolute atomic E-state index is 0.122. The first-order valence-corrected chi connectivity index (χ1v) is 9.71. The first-order valence-electron chi connectivity index (χ1n) is 9.30. The van der Waals surface area contributed by atoms with Crippen molar-refractivity contribution < 1.29 is 4.79 Å². The van der Waals surface area contributed by atoms with Crippen LogP contribution in [0.2, 0.25) is 0 Å². The predicted molar refractivity (Wildman–Crippen MR) is 109 cm³/mol. The molecule has 2 aliphatic rings. The molecule has 2 saturated heterocycles. The van der Waals surface area contributed by atoms with Crippen LogP contribution < -0.4 is 21.7 Å². The largest absolute Gasteiger partial charge is 0.349 e. The van der Waals surface area contributed by atoms with Crippen LogP contribution in [0.5, 0.6) is 0 Å². The van der Waals surface area contributed by atoms with Crippen molar-refractivity contribution in [2.75, 3.05) is 18.4 Å². The monoisotopic (exact) mass is 375 g/mol. The van der Waals surface area contributed by atoms with E-state index >= 15 is 0 Å². The molecule has 0 aliphatic carbocycles. The number of hydrogen-bond donors (Lipinski definition) is 4. The summed E-state index contributed by atoms with van der Waals surface area (Å²) in [6.07, 6.45) is 1.54. The average molecular weight is 376 g/mol. The maximum atomic E-state index is 12.7. The van der Waals surface area contributed by atoms with Crippen molar-refractivity contribution in [2.24, 2.45) is 17.6 Å². The van der Waals surface area contributed by atoms with E-state index in [-0.39, 0.29) is 12.2 Å². The van der Waals surface area contributed by atoms with E-state index in [2.05, 4.69) is 27.8 Å². The summed E-state index contributed by atoms with van der Waals surface area (Å²) in [6.45, 7) is 8.22. The Morgan fingerprint density at radius 1 is 1.27 bits per heavy atom. The number of anilines is 1. The SMILES string of the molecule is Cc1cccc(C)c1NC(=S)C1C(=O)NC(N2CCC(C)CC2)NC1N. The van der Waals surface area contributed by atoms with Crippen LogP contribution >= 0.6 is 12.2 Å². The number of carbonyl (C=O) groups excluding carboxylic acids is 1. The van der Waals surface area contributed by atoms with Gasteiger partial charge in [0.1, 0.15) is 12.2 Å². The number of nitrogens with one attached hydrogen (secondary N) is 3. The van der Waals surface area contributed by atoms with Gasteiger partial charge in [0.15, 0.2) is 0 Å². The summed E-state index contributed by atoms with van der Waals surface area (Å²) >= 11 is 5.53. The molecule has 1 amide bonds. The summed E-state index contributed by atoms with van der Waals surface area (Å²) in [4.78, 5) is 15.4. The molecule has 0 aromatic heterocycles. The molecule has 1 aromatic rings. The molecule has 0 radical (unpaired) electrons. The molecule has 6 nitrogen and oxygen atoms in total. The molecule has 142 valence electrons. The van der Waals surface area contributed by atoms with Crippen molar-refractivity contribution in [2.45, 2.75) is 46.1 Å². The van der Waals surface area contributed by atoms with E-state index in [9.17, 15) is 4.79 Å². The summed E-state index contributed by atoms with van der Waals surface area (Å²) in [5.41, 5.74) is 9.42. The molecule has 3 unspecified atom stereocenters. The Labute approximate surface area is 160 Å². The van der Waals surface area contributed by atoms with E-state index in [1.54, 1.807) is 0 Å². The van der Waals surface area contributed by atoms with Crippen molar-refractivity contribution in [1.29, 1.82) is 0 Å². The Hall–Kier alpha value is -1.54. The number of piperidine rings is 1. The van der Waals surface area contributed by atoms with E-state index in [0.717, 1.165) is 48.7 Å². The molecular formula is C19H29N5OS. The molecule has 0 saturated carbocycles. The fourth-order valence-electron chi connectivity index (χ4n) is 3.69. The van der Waals surface area contributed by atoms with Gasteiger partial charge in [0, 0.05) is 18.8 Å². The molecule has 3 rings (SSSR count). The maximum absolute atomic E-state index is 12.7. The number of benzene rings is 1. The number of thiocarbonyl (C=S) groups is 1. The highest BCUT2D eigenvalue weighted by Gasteiger charge is 2.39. The van der Waals surface area contributed by atoms with Gasteiger partial charge >= 0.3 is 0 Å². The van der Waals surface area contributed by atoms with Crippen molar-refractivity contribution in [1.82, 2.24) is 15.5 Å². The van der Waals surface area contributed by atoms with Crippen LogP contribution in [0.25, 0.3) is 0 Å². The Kier molecular flexibility index (Phi) is 5.92.